The zero-order valence-corrected chi connectivity index (χ0v) is 11.2. The van der Waals surface area contributed by atoms with Crippen LogP contribution in [0.1, 0.15) is 42.9 Å². The first-order valence-corrected chi connectivity index (χ1v) is 6.74. The summed E-state index contributed by atoms with van der Waals surface area (Å²) in [6.45, 7) is 1.94. The van der Waals surface area contributed by atoms with Crippen molar-refractivity contribution in [2.24, 2.45) is 0 Å². The van der Waals surface area contributed by atoms with E-state index in [4.69, 9.17) is 0 Å². The number of H-pyrrole nitrogens is 1. The van der Waals surface area contributed by atoms with Crippen molar-refractivity contribution in [3.63, 3.8) is 0 Å². The Balaban J connectivity index is 2.27. The monoisotopic (exact) mass is 295 g/mol. The van der Waals surface area contributed by atoms with E-state index in [1.165, 1.54) is 17.4 Å². The number of halogens is 1. The predicted molar refractivity (Wildman–Crippen MR) is 69.5 cm³/mol. The molecule has 2 aromatic rings. The lowest BCUT2D eigenvalue weighted by Gasteiger charge is -2.11. The number of rotatable bonds is 1. The molecule has 5 heteroatoms. The third kappa shape index (κ3) is 1.64. The molecule has 1 N–H and O–H groups in total. The Hall–Kier alpha value is -1.10. The van der Waals surface area contributed by atoms with E-state index in [0.29, 0.717) is 11.6 Å². The number of nitrogens with one attached hydrogen (secondary N) is 1. The molecule has 3 rings (SSSR count). The highest BCUT2D eigenvalue weighted by atomic mass is 79.9. The van der Waals surface area contributed by atoms with Gasteiger partial charge in [0.15, 0.2) is 5.65 Å². The summed E-state index contributed by atoms with van der Waals surface area (Å²) < 4.78 is 2.36. The molecule has 17 heavy (non-hydrogen) atoms. The molecule has 1 aliphatic rings. The van der Waals surface area contributed by atoms with Gasteiger partial charge in [0.25, 0.3) is 5.56 Å². The van der Waals surface area contributed by atoms with E-state index in [-0.39, 0.29) is 5.56 Å². The second kappa shape index (κ2) is 3.98. The molecule has 0 saturated heterocycles. The Bertz CT molecular complexity index is 622. The number of hydrogen-bond acceptors (Lipinski definition) is 2. The third-order valence-corrected chi connectivity index (χ3v) is 4.19. The molecular weight excluding hydrogens is 282 g/mol. The highest BCUT2D eigenvalue weighted by Crippen LogP contribution is 2.33. The fraction of sp³-hybridized carbons (Fsp3) is 0.500. The molecule has 0 radical (unpaired) electrons. The van der Waals surface area contributed by atoms with Crippen LogP contribution in [0, 0.1) is 6.92 Å². The zero-order chi connectivity index (χ0) is 12.0. The molecule has 2 aromatic heterocycles. The standard InChI is InChI=1S/C12H14BrN3O/c1-7-10(8-4-2-3-5-8)12(17)16-11(15-7)9(13)6-14-16/h6,8,14H,2-5H2,1H3. The van der Waals surface area contributed by atoms with Gasteiger partial charge >= 0.3 is 0 Å². The molecule has 2 heterocycles. The predicted octanol–water partition coefficient (Wildman–Crippen LogP) is 2.75. The van der Waals surface area contributed by atoms with Crippen molar-refractivity contribution in [1.29, 1.82) is 0 Å². The summed E-state index contributed by atoms with van der Waals surface area (Å²) in [5, 5.41) is 2.94. The Kier molecular flexibility index (Phi) is 2.58. The lowest BCUT2D eigenvalue weighted by Crippen LogP contribution is -2.23. The minimum absolute atomic E-state index is 0.0603. The first kappa shape index (κ1) is 11.0. The summed E-state index contributed by atoms with van der Waals surface area (Å²) in [7, 11) is 0. The van der Waals surface area contributed by atoms with E-state index >= 15 is 0 Å². The number of fused-ring (bicyclic) bond motifs is 1. The lowest BCUT2D eigenvalue weighted by atomic mass is 9.98. The average molecular weight is 296 g/mol. The molecule has 1 aliphatic carbocycles. The Morgan fingerprint density at radius 3 is 2.88 bits per heavy atom. The van der Waals surface area contributed by atoms with E-state index in [9.17, 15) is 4.79 Å². The van der Waals surface area contributed by atoms with Gasteiger partial charge < -0.3 is 0 Å². The quantitative estimate of drug-likeness (QED) is 0.879. The van der Waals surface area contributed by atoms with E-state index in [1.807, 2.05) is 6.92 Å². The lowest BCUT2D eigenvalue weighted by molar-refractivity contribution is 0.687. The van der Waals surface area contributed by atoms with Crippen LogP contribution < -0.4 is 5.56 Å². The molecular formula is C12H14BrN3O. The molecule has 4 nitrogen and oxygen atoms in total. The van der Waals surface area contributed by atoms with Crippen molar-refractivity contribution in [3.8, 4) is 0 Å². The second-order valence-electron chi connectivity index (χ2n) is 4.68. The largest absolute Gasteiger partial charge is 0.296 e. The highest BCUT2D eigenvalue weighted by molar-refractivity contribution is 9.10. The van der Waals surface area contributed by atoms with E-state index in [2.05, 4.69) is 26.0 Å². The smallest absolute Gasteiger partial charge is 0.276 e. The van der Waals surface area contributed by atoms with Gasteiger partial charge in [-0.2, -0.15) is 0 Å². The van der Waals surface area contributed by atoms with Crippen molar-refractivity contribution >= 4 is 21.6 Å². The van der Waals surface area contributed by atoms with Gasteiger partial charge in [0.05, 0.1) is 4.47 Å². The summed E-state index contributed by atoms with van der Waals surface area (Å²) in [6.07, 6.45) is 6.43. The summed E-state index contributed by atoms with van der Waals surface area (Å²) >= 11 is 3.39. The van der Waals surface area contributed by atoms with Gasteiger partial charge in [0.2, 0.25) is 0 Å². The van der Waals surface area contributed by atoms with Crippen molar-refractivity contribution < 1.29 is 0 Å². The van der Waals surface area contributed by atoms with Gasteiger partial charge in [-0.3, -0.25) is 9.89 Å². The van der Waals surface area contributed by atoms with Crippen LogP contribution in [0.4, 0.5) is 0 Å². The van der Waals surface area contributed by atoms with E-state index in [0.717, 1.165) is 28.6 Å². The SMILES string of the molecule is Cc1nc2c(Br)c[nH]n2c(=O)c1C1CCCC1. The Labute approximate surface area is 107 Å². The average Bonchev–Trinajstić information content (AvgIpc) is 2.90. The van der Waals surface area contributed by atoms with Gasteiger partial charge in [0.1, 0.15) is 0 Å². The maximum Gasteiger partial charge on any atom is 0.276 e. The maximum absolute atomic E-state index is 12.4. The molecule has 0 aliphatic heterocycles. The van der Waals surface area contributed by atoms with E-state index < -0.39 is 0 Å². The minimum Gasteiger partial charge on any atom is -0.296 e. The highest BCUT2D eigenvalue weighted by Gasteiger charge is 2.24. The first-order valence-electron chi connectivity index (χ1n) is 5.94. The van der Waals surface area contributed by atoms with Crippen LogP contribution in [0.3, 0.4) is 0 Å². The molecule has 0 atom stereocenters. The molecule has 0 aromatic carbocycles. The van der Waals surface area contributed by atoms with E-state index in [1.54, 1.807) is 6.20 Å². The summed E-state index contributed by atoms with van der Waals surface area (Å²) in [5.41, 5.74) is 2.51. The van der Waals surface area contributed by atoms with Crippen molar-refractivity contribution in [2.75, 3.05) is 0 Å². The van der Waals surface area contributed by atoms with Crippen LogP contribution in [0.5, 0.6) is 0 Å². The number of aromatic nitrogens is 3. The van der Waals surface area contributed by atoms with Gasteiger partial charge in [-0.1, -0.05) is 12.8 Å². The van der Waals surface area contributed by atoms with Crippen LogP contribution in [-0.4, -0.2) is 14.6 Å². The maximum atomic E-state index is 12.4. The Morgan fingerprint density at radius 2 is 2.18 bits per heavy atom. The number of aromatic amines is 1. The molecule has 90 valence electrons. The van der Waals surface area contributed by atoms with Crippen molar-refractivity contribution in [1.82, 2.24) is 14.6 Å². The van der Waals surface area contributed by atoms with Crippen LogP contribution in [0.15, 0.2) is 15.5 Å². The summed E-state index contributed by atoms with van der Waals surface area (Å²) in [5.74, 6) is 0.397. The zero-order valence-electron chi connectivity index (χ0n) is 9.66. The molecule has 0 amide bonds. The number of nitrogens with zero attached hydrogens (tertiary/aromatic N) is 2. The topological polar surface area (TPSA) is 50.2 Å². The molecule has 0 unspecified atom stereocenters. The fourth-order valence-corrected chi connectivity index (χ4v) is 3.16. The van der Waals surface area contributed by atoms with Gasteiger partial charge in [-0.15, -0.1) is 0 Å². The van der Waals surface area contributed by atoms with Gasteiger partial charge in [-0.25, -0.2) is 9.50 Å². The second-order valence-corrected chi connectivity index (χ2v) is 5.53. The number of hydrogen-bond donors (Lipinski definition) is 1. The van der Waals surface area contributed by atoms with Gasteiger partial charge in [0, 0.05) is 17.5 Å². The van der Waals surface area contributed by atoms with Crippen LogP contribution >= 0.6 is 15.9 Å². The first-order chi connectivity index (χ1) is 8.18. The van der Waals surface area contributed by atoms with Crippen molar-refractivity contribution in [3.05, 3.63) is 32.3 Å². The molecule has 0 spiro atoms. The van der Waals surface area contributed by atoms with Crippen molar-refractivity contribution in [2.45, 2.75) is 38.5 Å². The molecule has 0 bridgehead atoms. The molecule has 1 fully saturated rings. The Morgan fingerprint density at radius 1 is 1.47 bits per heavy atom. The fourth-order valence-electron chi connectivity index (χ4n) is 2.79. The summed E-state index contributed by atoms with van der Waals surface area (Å²) in [4.78, 5) is 16.9. The van der Waals surface area contributed by atoms with Gasteiger partial charge in [-0.05, 0) is 41.6 Å². The third-order valence-electron chi connectivity index (χ3n) is 3.61. The van der Waals surface area contributed by atoms with Crippen LogP contribution in [0.2, 0.25) is 0 Å². The normalized spacial score (nSPS) is 17.1. The van der Waals surface area contributed by atoms with Crippen LogP contribution in [0.25, 0.3) is 5.65 Å². The minimum atomic E-state index is 0.0603. The summed E-state index contributed by atoms with van der Waals surface area (Å²) in [6, 6.07) is 0. The molecule has 1 saturated carbocycles. The number of aryl methyl sites for hydroxylation is 1. The van der Waals surface area contributed by atoms with Crippen LogP contribution in [-0.2, 0) is 0 Å².